The monoisotopic (exact) mass is 605 g/mol. The molecule has 5 bridgehead atoms. The Kier molecular flexibility index (Phi) is 8.66. The maximum Gasteiger partial charge on any atom is 0.321 e. The van der Waals surface area contributed by atoms with Crippen LogP contribution in [0.1, 0.15) is 56.8 Å². The smallest absolute Gasteiger partial charge is 0.321 e. The summed E-state index contributed by atoms with van der Waals surface area (Å²) >= 11 is 0. The van der Waals surface area contributed by atoms with Gasteiger partial charge in [0.2, 0.25) is 5.91 Å². The fourth-order valence-corrected chi connectivity index (χ4v) is 5.81. The molecule has 3 aliphatic heterocycles. The number of hydrogen-bond acceptors (Lipinski definition) is 9. The minimum atomic E-state index is -1.28. The highest BCUT2D eigenvalue weighted by Crippen LogP contribution is 2.37. The minimum absolute atomic E-state index is 0.0330. The van der Waals surface area contributed by atoms with Crippen molar-refractivity contribution in [1.82, 2.24) is 26.1 Å². The van der Waals surface area contributed by atoms with Crippen LogP contribution in [0.2, 0.25) is 0 Å². The summed E-state index contributed by atoms with van der Waals surface area (Å²) in [6.45, 7) is 4.57. The number of nitrogens with one attached hydrogen (secondary N) is 3. The first kappa shape index (κ1) is 30.2. The fraction of sp³-hybridized carbons (Fsp3) is 0.531. The second kappa shape index (κ2) is 12.6. The average molecular weight is 606 g/mol. The number of rotatable bonds is 1. The number of hydrazine groups is 1. The molecular formula is C32H39N5O7. The molecule has 4 atom stereocenters. The Bertz CT molecular complexity index is 1470. The van der Waals surface area contributed by atoms with E-state index in [0.29, 0.717) is 38.3 Å². The summed E-state index contributed by atoms with van der Waals surface area (Å²) < 4.78 is 17.4. The summed E-state index contributed by atoms with van der Waals surface area (Å²) in [5.41, 5.74) is 3.98. The Morgan fingerprint density at radius 1 is 0.909 bits per heavy atom. The van der Waals surface area contributed by atoms with E-state index in [9.17, 15) is 19.2 Å². The maximum absolute atomic E-state index is 13.9. The van der Waals surface area contributed by atoms with Crippen LogP contribution in [0, 0.1) is 11.3 Å². The third-order valence-electron chi connectivity index (χ3n) is 8.67. The number of fused-ring (bicyclic) bond motifs is 4. The van der Waals surface area contributed by atoms with E-state index in [1.54, 1.807) is 13.0 Å². The molecule has 4 aliphatic rings. The summed E-state index contributed by atoms with van der Waals surface area (Å²) in [5, 5.41) is 8.09. The number of esters is 1. The lowest BCUT2D eigenvalue weighted by molar-refractivity contribution is -0.169. The van der Waals surface area contributed by atoms with Gasteiger partial charge in [0.05, 0.1) is 43.7 Å². The molecule has 0 radical (unpaired) electrons. The van der Waals surface area contributed by atoms with Crippen LogP contribution in [-0.2, 0) is 33.4 Å². The Labute approximate surface area is 255 Å². The number of ether oxygens (including phenoxy) is 3. The number of hydrogen-bond donors (Lipinski definition) is 3. The van der Waals surface area contributed by atoms with Gasteiger partial charge in [0.1, 0.15) is 17.5 Å². The number of aromatic nitrogens is 1. The first-order valence-electron chi connectivity index (χ1n) is 15.4. The van der Waals surface area contributed by atoms with E-state index in [-0.39, 0.29) is 37.0 Å². The molecule has 44 heavy (non-hydrogen) atoms. The molecule has 1 aliphatic carbocycles. The van der Waals surface area contributed by atoms with Gasteiger partial charge in [-0.1, -0.05) is 30.4 Å². The lowest BCUT2D eigenvalue weighted by atomic mass is 9.88. The molecule has 2 aromatic rings. The molecule has 234 valence electrons. The van der Waals surface area contributed by atoms with E-state index < -0.39 is 35.5 Å². The molecule has 1 aromatic carbocycles. The summed E-state index contributed by atoms with van der Waals surface area (Å²) in [7, 11) is 0. The Morgan fingerprint density at radius 2 is 1.64 bits per heavy atom. The lowest BCUT2D eigenvalue weighted by Crippen LogP contribution is -2.61. The number of cyclic esters (lactones) is 1. The van der Waals surface area contributed by atoms with Crippen molar-refractivity contribution in [2.24, 2.45) is 11.3 Å². The number of benzene rings is 1. The summed E-state index contributed by atoms with van der Waals surface area (Å²) in [6, 6.07) is 7.71. The van der Waals surface area contributed by atoms with Gasteiger partial charge >= 0.3 is 5.97 Å². The second-order valence-electron chi connectivity index (χ2n) is 12.2. The first-order chi connectivity index (χ1) is 21.2. The van der Waals surface area contributed by atoms with Gasteiger partial charge in [-0.15, -0.1) is 0 Å². The molecule has 6 rings (SSSR count). The zero-order valence-electron chi connectivity index (χ0n) is 25.0. The van der Waals surface area contributed by atoms with E-state index in [4.69, 9.17) is 19.2 Å². The van der Waals surface area contributed by atoms with Crippen LogP contribution in [0.15, 0.2) is 36.4 Å². The molecule has 12 nitrogen and oxygen atoms in total. The number of amides is 3. The van der Waals surface area contributed by atoms with Crippen LogP contribution in [0.25, 0.3) is 17.0 Å². The molecule has 1 unspecified atom stereocenters. The van der Waals surface area contributed by atoms with Gasteiger partial charge in [-0.3, -0.25) is 29.2 Å². The normalized spacial score (nSPS) is 29.5. The topological polar surface area (TPSA) is 148 Å². The first-order valence-corrected chi connectivity index (χ1v) is 15.4. The Balaban J connectivity index is 1.37. The molecule has 3 fully saturated rings. The van der Waals surface area contributed by atoms with Crippen LogP contribution in [0.3, 0.4) is 0 Å². The maximum atomic E-state index is 13.9. The summed E-state index contributed by atoms with van der Waals surface area (Å²) in [4.78, 5) is 58.7. The largest absolute Gasteiger partial charge is 0.451 e. The highest BCUT2D eigenvalue weighted by Gasteiger charge is 2.46. The van der Waals surface area contributed by atoms with Gasteiger partial charge in [0.25, 0.3) is 11.8 Å². The molecule has 2 saturated heterocycles. The van der Waals surface area contributed by atoms with Crippen molar-refractivity contribution >= 4 is 40.7 Å². The molecule has 3 amide bonds. The molecule has 1 saturated carbocycles. The van der Waals surface area contributed by atoms with Crippen molar-refractivity contribution < 1.29 is 33.4 Å². The van der Waals surface area contributed by atoms with Crippen molar-refractivity contribution in [3.8, 4) is 0 Å². The Morgan fingerprint density at radius 3 is 2.39 bits per heavy atom. The van der Waals surface area contributed by atoms with E-state index in [0.717, 1.165) is 29.3 Å². The van der Waals surface area contributed by atoms with Crippen LogP contribution < -0.4 is 16.1 Å². The molecule has 1 aromatic heterocycles. The predicted octanol–water partition coefficient (Wildman–Crippen LogP) is 1.79. The van der Waals surface area contributed by atoms with Gasteiger partial charge in [-0.05, 0) is 57.2 Å². The lowest BCUT2D eigenvalue weighted by Gasteiger charge is -2.35. The highest BCUT2D eigenvalue weighted by molar-refractivity contribution is 5.92. The van der Waals surface area contributed by atoms with E-state index >= 15 is 0 Å². The van der Waals surface area contributed by atoms with Gasteiger partial charge in [0.15, 0.2) is 6.10 Å². The van der Waals surface area contributed by atoms with Crippen LogP contribution in [-0.4, -0.2) is 84.8 Å². The molecule has 1 spiro atoms. The van der Waals surface area contributed by atoms with Gasteiger partial charge in [-0.25, -0.2) is 5.43 Å². The third kappa shape index (κ3) is 6.47. The van der Waals surface area contributed by atoms with E-state index in [1.807, 2.05) is 43.3 Å². The zero-order chi connectivity index (χ0) is 30.8. The SMILES string of the molecule is C[C@@H]1NC(=O)C(C2CC2)OC(=O)C2(/C=C/c3ccc4ccc(nc4c3)[C@@H](C)NC(=O)[C@@H]3CCCN(N3)C1=O)COCCOC2. The van der Waals surface area contributed by atoms with Crippen LogP contribution in [0.5, 0.6) is 0 Å². The number of pyridine rings is 1. The fourth-order valence-electron chi connectivity index (χ4n) is 5.81. The van der Waals surface area contributed by atoms with Crippen LogP contribution in [0.4, 0.5) is 0 Å². The number of carbonyl (C=O) groups excluding carboxylic acids is 4. The molecule has 3 N–H and O–H groups in total. The van der Waals surface area contributed by atoms with E-state index in [2.05, 4.69) is 16.1 Å². The van der Waals surface area contributed by atoms with Crippen molar-refractivity contribution in [1.29, 1.82) is 0 Å². The summed E-state index contributed by atoms with van der Waals surface area (Å²) in [6.07, 6.45) is 5.12. The molecular weight excluding hydrogens is 566 g/mol. The molecule has 12 heteroatoms. The van der Waals surface area contributed by atoms with Gasteiger partial charge < -0.3 is 24.8 Å². The second-order valence-corrected chi connectivity index (χ2v) is 12.2. The Hall–Kier alpha value is -3.87. The minimum Gasteiger partial charge on any atom is -0.451 e. The third-order valence-corrected chi connectivity index (χ3v) is 8.67. The number of carbonyl (C=O) groups is 4. The van der Waals surface area contributed by atoms with Crippen molar-refractivity contribution in [3.05, 3.63) is 47.7 Å². The van der Waals surface area contributed by atoms with Gasteiger partial charge in [-0.2, -0.15) is 0 Å². The van der Waals surface area contributed by atoms with Crippen molar-refractivity contribution in [2.75, 3.05) is 33.0 Å². The van der Waals surface area contributed by atoms with Gasteiger partial charge in [0, 0.05) is 17.8 Å². The van der Waals surface area contributed by atoms with Crippen LogP contribution >= 0.6 is 0 Å². The number of nitrogens with zero attached hydrogens (tertiary/aromatic N) is 2. The van der Waals surface area contributed by atoms with Crippen molar-refractivity contribution in [3.63, 3.8) is 0 Å². The quantitative estimate of drug-likeness (QED) is 0.414. The highest BCUT2D eigenvalue weighted by atomic mass is 16.6. The predicted molar refractivity (Wildman–Crippen MR) is 159 cm³/mol. The molecule has 4 heterocycles. The van der Waals surface area contributed by atoms with Crippen molar-refractivity contribution in [2.45, 2.75) is 63.8 Å². The standard InChI is InChI=1S/C32H39N5O7/c1-19-24-10-9-22-6-5-21(16-26(22)35-24)11-12-32(17-42-14-15-43-18-32)31(41)44-27(23-7-8-23)29(39)34-20(2)30(40)37-13-3-4-25(36-37)28(38)33-19/h5-6,9-12,16,19-20,23,25,27,36H,3-4,7-8,13-15,17-18H2,1-2H3,(H,33,38)(H,34,39)/b12-11+/t19-,20+,25+,27?/m1/s1. The van der Waals surface area contributed by atoms with E-state index in [1.165, 1.54) is 5.01 Å². The zero-order valence-corrected chi connectivity index (χ0v) is 25.0. The average Bonchev–Trinajstić information content (AvgIpc) is 3.89. The summed E-state index contributed by atoms with van der Waals surface area (Å²) in [5.74, 6) is -1.91.